The van der Waals surface area contributed by atoms with Gasteiger partial charge in [0.05, 0.1) is 11.9 Å². The van der Waals surface area contributed by atoms with Crippen molar-refractivity contribution in [3.8, 4) is 0 Å². The van der Waals surface area contributed by atoms with Crippen molar-refractivity contribution in [3.63, 3.8) is 0 Å². The number of carbonyl (C=O) groups excluding carboxylic acids is 3. The lowest BCUT2D eigenvalue weighted by Crippen LogP contribution is -2.41. The van der Waals surface area contributed by atoms with Gasteiger partial charge in [0.2, 0.25) is 11.8 Å². The molecule has 0 bridgehead atoms. The molecular formula is C40H52N8O4. The molecule has 2 atom stereocenters. The quantitative estimate of drug-likeness (QED) is 0.252. The number of nitrogens with two attached hydrogens (primary N) is 1. The standard InChI is InChI=1S/C40H52N8O4/c41-39(51)38-34(44-36(23-43-38)48-15-1-2-30(25-48)26-49)21-27-3-6-31(7-4-27)32-13-16-46(17-14-32)24-28-11-18-47(19-12-28)35-9-5-29(22-42-35)20-33-8-10-37(50)45-40(33)52/h3-7,9,22-23,28,30,32-33,49H,1-2,8,10-21,24-26H2,(H2,41,51)(H,45,50,52)/t30-,33?/m1/s1. The first kappa shape index (κ1) is 36.0. The average Bonchev–Trinajstić information content (AvgIpc) is 3.17. The highest BCUT2D eigenvalue weighted by atomic mass is 16.3. The molecule has 4 fully saturated rings. The monoisotopic (exact) mass is 708 g/mol. The van der Waals surface area contributed by atoms with Crippen LogP contribution in [-0.2, 0) is 22.4 Å². The maximum Gasteiger partial charge on any atom is 0.269 e. The predicted octanol–water partition coefficient (Wildman–Crippen LogP) is 3.46. The number of likely N-dealkylation sites (tertiary alicyclic amines) is 1. The Morgan fingerprint density at radius 3 is 2.29 bits per heavy atom. The van der Waals surface area contributed by atoms with Gasteiger partial charge in [0.15, 0.2) is 0 Å². The number of nitrogens with one attached hydrogen (secondary N) is 1. The van der Waals surface area contributed by atoms with E-state index < -0.39 is 5.91 Å². The van der Waals surface area contributed by atoms with Crippen LogP contribution in [0.2, 0.25) is 0 Å². The maximum atomic E-state index is 12.2. The van der Waals surface area contributed by atoms with Gasteiger partial charge in [-0.3, -0.25) is 19.7 Å². The molecular weight excluding hydrogens is 656 g/mol. The van der Waals surface area contributed by atoms with Gasteiger partial charge in [-0.15, -0.1) is 0 Å². The summed E-state index contributed by atoms with van der Waals surface area (Å²) in [4.78, 5) is 57.0. The normalized spacial score (nSPS) is 22.4. The highest BCUT2D eigenvalue weighted by Crippen LogP contribution is 2.31. The molecule has 12 heteroatoms. The van der Waals surface area contributed by atoms with E-state index in [1.54, 1.807) is 6.20 Å². The fraction of sp³-hybridized carbons (Fsp3) is 0.550. The number of hydrogen-bond donors (Lipinski definition) is 3. The second-order valence-electron chi connectivity index (χ2n) is 15.3. The van der Waals surface area contributed by atoms with E-state index in [4.69, 9.17) is 15.7 Å². The van der Waals surface area contributed by atoms with Crippen molar-refractivity contribution in [2.24, 2.45) is 23.5 Å². The molecule has 12 nitrogen and oxygen atoms in total. The summed E-state index contributed by atoms with van der Waals surface area (Å²) in [6, 6.07) is 12.9. The van der Waals surface area contributed by atoms with Crippen LogP contribution in [-0.4, -0.2) is 95.1 Å². The fourth-order valence-corrected chi connectivity index (χ4v) is 8.52. The summed E-state index contributed by atoms with van der Waals surface area (Å²) in [6.45, 7) is 7.14. The summed E-state index contributed by atoms with van der Waals surface area (Å²) in [5, 5.41) is 12.1. The molecule has 276 valence electrons. The van der Waals surface area contributed by atoms with Crippen molar-refractivity contribution < 1.29 is 19.5 Å². The summed E-state index contributed by atoms with van der Waals surface area (Å²) in [6.07, 6.45) is 12.3. The number of carbonyl (C=O) groups is 3. The largest absolute Gasteiger partial charge is 0.396 e. The molecule has 4 N–H and O–H groups in total. The van der Waals surface area contributed by atoms with E-state index in [-0.39, 0.29) is 36.0 Å². The molecule has 0 aliphatic carbocycles. The molecule has 0 spiro atoms. The number of nitrogens with zero attached hydrogens (tertiary/aromatic N) is 6. The van der Waals surface area contributed by atoms with Gasteiger partial charge < -0.3 is 25.5 Å². The summed E-state index contributed by atoms with van der Waals surface area (Å²) >= 11 is 0. The number of hydrogen-bond acceptors (Lipinski definition) is 10. The first-order chi connectivity index (χ1) is 25.3. The summed E-state index contributed by atoms with van der Waals surface area (Å²) < 4.78 is 0. The molecule has 3 aromatic rings. The minimum absolute atomic E-state index is 0.159. The SMILES string of the molecule is NC(=O)c1ncc(N2CCC[C@@H](CO)C2)nc1Cc1ccc(C2CCN(CC3CCN(c4ccc(CC5CCC(=O)NC5=O)cn4)CC3)CC2)cc1. The maximum absolute atomic E-state index is 12.2. The molecule has 4 aliphatic rings. The molecule has 4 aliphatic heterocycles. The van der Waals surface area contributed by atoms with Crippen molar-refractivity contribution in [2.45, 2.75) is 70.1 Å². The van der Waals surface area contributed by atoms with Crippen molar-refractivity contribution in [2.75, 3.05) is 62.2 Å². The summed E-state index contributed by atoms with van der Waals surface area (Å²) in [5.41, 5.74) is 9.98. The van der Waals surface area contributed by atoms with Crippen LogP contribution in [0.15, 0.2) is 48.8 Å². The van der Waals surface area contributed by atoms with Crippen LogP contribution < -0.4 is 20.9 Å². The molecule has 0 saturated carbocycles. The number of anilines is 2. The van der Waals surface area contributed by atoms with Gasteiger partial charge >= 0.3 is 0 Å². The van der Waals surface area contributed by atoms with E-state index in [9.17, 15) is 19.5 Å². The van der Waals surface area contributed by atoms with Crippen LogP contribution >= 0.6 is 0 Å². The molecule has 3 amide bonds. The molecule has 4 saturated heterocycles. The minimum Gasteiger partial charge on any atom is -0.396 e. The zero-order chi connectivity index (χ0) is 36.0. The third-order valence-corrected chi connectivity index (χ3v) is 11.7. The Kier molecular flexibility index (Phi) is 11.4. The Bertz CT molecular complexity index is 1700. The van der Waals surface area contributed by atoms with Gasteiger partial charge in [-0.25, -0.2) is 15.0 Å². The van der Waals surface area contributed by atoms with Crippen LogP contribution in [0.3, 0.4) is 0 Å². The van der Waals surface area contributed by atoms with Gasteiger partial charge in [-0.1, -0.05) is 30.3 Å². The molecule has 52 heavy (non-hydrogen) atoms. The minimum atomic E-state index is -0.568. The van der Waals surface area contributed by atoms with Crippen LogP contribution in [0.25, 0.3) is 0 Å². The first-order valence-corrected chi connectivity index (χ1v) is 19.2. The number of piperidine rings is 4. The topological polar surface area (TPSA) is 158 Å². The van der Waals surface area contributed by atoms with Gasteiger partial charge in [-0.05, 0) is 105 Å². The lowest BCUT2D eigenvalue weighted by atomic mass is 9.87. The highest BCUT2D eigenvalue weighted by molar-refractivity contribution is 5.98. The van der Waals surface area contributed by atoms with Gasteiger partial charge in [-0.2, -0.15) is 0 Å². The number of aliphatic hydroxyl groups excluding tert-OH is 1. The third kappa shape index (κ3) is 8.78. The van der Waals surface area contributed by atoms with Crippen LogP contribution in [0.1, 0.15) is 90.2 Å². The number of pyridine rings is 1. The zero-order valence-corrected chi connectivity index (χ0v) is 30.1. The van der Waals surface area contributed by atoms with E-state index in [0.717, 1.165) is 107 Å². The number of amides is 3. The number of aromatic nitrogens is 3. The molecule has 0 radical (unpaired) electrons. The van der Waals surface area contributed by atoms with Crippen molar-refractivity contribution in [1.29, 1.82) is 0 Å². The summed E-state index contributed by atoms with van der Waals surface area (Å²) in [5.74, 6) is 2.13. The van der Waals surface area contributed by atoms with E-state index in [0.29, 0.717) is 43.2 Å². The Hall–Kier alpha value is -4.42. The number of benzene rings is 1. The van der Waals surface area contributed by atoms with Gasteiger partial charge in [0, 0.05) is 64.3 Å². The van der Waals surface area contributed by atoms with E-state index in [2.05, 4.69) is 61.4 Å². The molecule has 6 heterocycles. The van der Waals surface area contributed by atoms with Gasteiger partial charge in [0.25, 0.3) is 5.91 Å². The molecule has 1 unspecified atom stereocenters. The second-order valence-corrected chi connectivity index (χ2v) is 15.3. The lowest BCUT2D eigenvalue weighted by Gasteiger charge is -2.38. The van der Waals surface area contributed by atoms with Crippen LogP contribution in [0.4, 0.5) is 11.6 Å². The van der Waals surface area contributed by atoms with Crippen LogP contribution in [0.5, 0.6) is 0 Å². The molecule has 7 rings (SSSR count). The Morgan fingerprint density at radius 2 is 1.60 bits per heavy atom. The van der Waals surface area contributed by atoms with Crippen LogP contribution in [0, 0.1) is 17.8 Å². The number of aliphatic hydroxyl groups is 1. The Morgan fingerprint density at radius 1 is 0.827 bits per heavy atom. The van der Waals surface area contributed by atoms with Crippen molar-refractivity contribution in [1.82, 2.24) is 25.2 Å². The number of rotatable bonds is 11. The number of imide groups is 1. The smallest absolute Gasteiger partial charge is 0.269 e. The average molecular weight is 709 g/mol. The molecule has 2 aromatic heterocycles. The second kappa shape index (κ2) is 16.5. The predicted molar refractivity (Wildman–Crippen MR) is 199 cm³/mol. The molecule has 1 aromatic carbocycles. The third-order valence-electron chi connectivity index (χ3n) is 11.7. The fourth-order valence-electron chi connectivity index (χ4n) is 8.52. The van der Waals surface area contributed by atoms with E-state index in [1.165, 1.54) is 5.56 Å². The van der Waals surface area contributed by atoms with Crippen molar-refractivity contribution >= 4 is 29.4 Å². The van der Waals surface area contributed by atoms with E-state index >= 15 is 0 Å². The lowest BCUT2D eigenvalue weighted by molar-refractivity contribution is -0.136. The van der Waals surface area contributed by atoms with Gasteiger partial charge in [0.1, 0.15) is 17.3 Å². The number of primary amides is 1. The Labute approximate surface area is 306 Å². The summed E-state index contributed by atoms with van der Waals surface area (Å²) in [7, 11) is 0. The van der Waals surface area contributed by atoms with Crippen molar-refractivity contribution in [3.05, 3.63) is 76.9 Å². The highest BCUT2D eigenvalue weighted by Gasteiger charge is 2.28. The first-order valence-electron chi connectivity index (χ1n) is 19.2. The van der Waals surface area contributed by atoms with E-state index in [1.807, 2.05) is 6.20 Å². The Balaban J connectivity index is 0.859. The zero-order valence-electron chi connectivity index (χ0n) is 30.1.